The number of azide groups is 1. The minimum Gasteiger partial charge on any atom is -0.444 e. The van der Waals surface area contributed by atoms with Gasteiger partial charge in [-0.15, -0.1) is 0 Å². The molecule has 1 amide bonds. The Morgan fingerprint density at radius 2 is 2.17 bits per heavy atom. The van der Waals surface area contributed by atoms with Crippen molar-refractivity contribution in [2.24, 2.45) is 5.11 Å². The molecule has 18 heavy (non-hydrogen) atoms. The Morgan fingerprint density at radius 1 is 1.50 bits per heavy atom. The molecule has 1 saturated heterocycles. The SMILES string of the molecule is CCC1CCC(N=[N+]=[N-])CN1C(=O)OC(C)(C)C. The molecule has 0 saturated carbocycles. The van der Waals surface area contributed by atoms with E-state index in [0.29, 0.717) is 6.54 Å². The van der Waals surface area contributed by atoms with Crippen LogP contribution >= 0.6 is 0 Å². The van der Waals surface area contributed by atoms with Gasteiger partial charge in [0, 0.05) is 17.5 Å². The number of hydrogen-bond donors (Lipinski definition) is 0. The largest absolute Gasteiger partial charge is 0.444 e. The van der Waals surface area contributed by atoms with E-state index < -0.39 is 5.60 Å². The summed E-state index contributed by atoms with van der Waals surface area (Å²) < 4.78 is 5.39. The Balaban J connectivity index is 2.73. The van der Waals surface area contributed by atoms with E-state index in [2.05, 4.69) is 16.9 Å². The van der Waals surface area contributed by atoms with Crippen molar-refractivity contribution in [3.63, 3.8) is 0 Å². The van der Waals surface area contributed by atoms with Crippen LogP contribution in [0.1, 0.15) is 47.0 Å². The molecule has 102 valence electrons. The molecule has 1 rings (SSSR count). The summed E-state index contributed by atoms with van der Waals surface area (Å²) in [7, 11) is 0. The third-order valence-corrected chi connectivity index (χ3v) is 3.00. The maximum Gasteiger partial charge on any atom is 0.410 e. The second-order valence-electron chi connectivity index (χ2n) is 5.63. The highest BCUT2D eigenvalue weighted by Gasteiger charge is 2.32. The lowest BCUT2D eigenvalue weighted by molar-refractivity contribution is 0.00728. The summed E-state index contributed by atoms with van der Waals surface area (Å²) in [6.45, 7) is 8.05. The summed E-state index contributed by atoms with van der Waals surface area (Å²) in [5, 5.41) is 3.71. The predicted molar refractivity (Wildman–Crippen MR) is 69.2 cm³/mol. The van der Waals surface area contributed by atoms with E-state index in [0.717, 1.165) is 19.3 Å². The van der Waals surface area contributed by atoms with E-state index in [1.807, 2.05) is 20.8 Å². The van der Waals surface area contributed by atoms with Gasteiger partial charge in [-0.25, -0.2) is 4.79 Å². The minimum absolute atomic E-state index is 0.134. The standard InChI is InChI=1S/C12H22N4O2/c1-5-10-7-6-9(14-15-13)8-16(10)11(17)18-12(2,3)4/h9-10H,5-8H2,1-4H3. The maximum atomic E-state index is 12.1. The second-order valence-corrected chi connectivity index (χ2v) is 5.63. The Kier molecular flexibility index (Phi) is 4.84. The average Bonchev–Trinajstić information content (AvgIpc) is 2.27. The normalized spacial score (nSPS) is 24.3. The molecule has 2 atom stereocenters. The van der Waals surface area contributed by atoms with Gasteiger partial charge in [0.1, 0.15) is 5.60 Å². The molecular weight excluding hydrogens is 232 g/mol. The Hall–Kier alpha value is -1.42. The van der Waals surface area contributed by atoms with E-state index in [-0.39, 0.29) is 18.2 Å². The highest BCUT2D eigenvalue weighted by Crippen LogP contribution is 2.24. The van der Waals surface area contributed by atoms with Crippen LogP contribution in [-0.2, 0) is 4.74 Å². The molecule has 1 heterocycles. The second kappa shape index (κ2) is 5.96. The molecule has 0 aliphatic carbocycles. The fourth-order valence-electron chi connectivity index (χ4n) is 2.14. The number of piperidine rings is 1. The van der Waals surface area contributed by atoms with Crippen molar-refractivity contribution in [2.45, 2.75) is 64.6 Å². The van der Waals surface area contributed by atoms with Crippen molar-refractivity contribution < 1.29 is 9.53 Å². The van der Waals surface area contributed by atoms with Crippen LogP contribution in [0.15, 0.2) is 5.11 Å². The summed E-state index contributed by atoms with van der Waals surface area (Å²) in [5.41, 5.74) is 7.98. The van der Waals surface area contributed by atoms with E-state index >= 15 is 0 Å². The van der Waals surface area contributed by atoms with Crippen LogP contribution in [0.5, 0.6) is 0 Å². The summed E-state index contributed by atoms with van der Waals surface area (Å²) in [4.78, 5) is 16.6. The van der Waals surface area contributed by atoms with Crippen molar-refractivity contribution in [1.82, 2.24) is 4.90 Å². The lowest BCUT2D eigenvalue weighted by Crippen LogP contribution is -2.49. The summed E-state index contributed by atoms with van der Waals surface area (Å²) in [5.74, 6) is 0. The smallest absolute Gasteiger partial charge is 0.410 e. The molecule has 6 nitrogen and oxygen atoms in total. The molecule has 1 fully saturated rings. The highest BCUT2D eigenvalue weighted by molar-refractivity contribution is 5.68. The van der Waals surface area contributed by atoms with Gasteiger partial charge in [-0.2, -0.15) is 0 Å². The van der Waals surface area contributed by atoms with Gasteiger partial charge in [0.2, 0.25) is 0 Å². The zero-order valence-corrected chi connectivity index (χ0v) is 11.6. The molecule has 0 N–H and O–H groups in total. The number of nitrogens with zero attached hydrogens (tertiary/aromatic N) is 4. The lowest BCUT2D eigenvalue weighted by Gasteiger charge is -2.38. The molecule has 0 spiro atoms. The molecule has 0 aromatic carbocycles. The van der Waals surface area contributed by atoms with Crippen LogP contribution in [0.4, 0.5) is 4.79 Å². The van der Waals surface area contributed by atoms with Crippen LogP contribution in [0, 0.1) is 0 Å². The zero-order chi connectivity index (χ0) is 13.8. The number of likely N-dealkylation sites (tertiary alicyclic amines) is 1. The molecule has 0 aromatic rings. The van der Waals surface area contributed by atoms with Crippen molar-refractivity contribution in [3.8, 4) is 0 Å². The van der Waals surface area contributed by atoms with Gasteiger partial charge in [0.15, 0.2) is 0 Å². The lowest BCUT2D eigenvalue weighted by atomic mass is 9.97. The summed E-state index contributed by atoms with van der Waals surface area (Å²) in [6.07, 6.45) is 2.27. The van der Waals surface area contributed by atoms with Crippen LogP contribution in [0.3, 0.4) is 0 Å². The molecule has 0 bridgehead atoms. The third kappa shape index (κ3) is 4.11. The van der Waals surface area contributed by atoms with Crippen molar-refractivity contribution >= 4 is 6.09 Å². The zero-order valence-electron chi connectivity index (χ0n) is 11.6. The van der Waals surface area contributed by atoms with Crippen molar-refractivity contribution in [2.75, 3.05) is 6.54 Å². The highest BCUT2D eigenvalue weighted by atomic mass is 16.6. The van der Waals surface area contributed by atoms with Gasteiger partial charge >= 0.3 is 6.09 Å². The molecule has 1 aliphatic heterocycles. The van der Waals surface area contributed by atoms with Gasteiger partial charge in [0.05, 0.1) is 6.04 Å². The topological polar surface area (TPSA) is 78.3 Å². The summed E-state index contributed by atoms with van der Waals surface area (Å²) >= 11 is 0. The molecule has 0 aromatic heterocycles. The number of rotatable bonds is 2. The number of amides is 1. The Morgan fingerprint density at radius 3 is 2.67 bits per heavy atom. The fraction of sp³-hybridized carbons (Fsp3) is 0.917. The Bertz CT molecular complexity index is 344. The van der Waals surface area contributed by atoms with Crippen LogP contribution < -0.4 is 0 Å². The number of hydrogen-bond acceptors (Lipinski definition) is 3. The molecular formula is C12H22N4O2. The molecule has 6 heteroatoms. The van der Waals surface area contributed by atoms with Gasteiger partial charge in [-0.3, -0.25) is 0 Å². The monoisotopic (exact) mass is 254 g/mol. The predicted octanol–water partition coefficient (Wildman–Crippen LogP) is 3.47. The van der Waals surface area contributed by atoms with Crippen molar-refractivity contribution in [1.29, 1.82) is 0 Å². The van der Waals surface area contributed by atoms with Gasteiger partial charge < -0.3 is 9.64 Å². The Labute approximate surface area is 108 Å². The van der Waals surface area contributed by atoms with E-state index in [9.17, 15) is 4.79 Å². The quantitative estimate of drug-likeness (QED) is 0.429. The molecule has 2 unspecified atom stereocenters. The third-order valence-electron chi connectivity index (χ3n) is 3.00. The first-order chi connectivity index (χ1) is 8.37. The number of carbonyl (C=O) groups excluding carboxylic acids is 1. The van der Waals surface area contributed by atoms with Gasteiger partial charge in [-0.05, 0) is 45.6 Å². The van der Waals surface area contributed by atoms with Crippen LogP contribution in [0.25, 0.3) is 10.4 Å². The minimum atomic E-state index is -0.499. The first-order valence-electron chi connectivity index (χ1n) is 6.41. The molecule has 1 aliphatic rings. The van der Waals surface area contributed by atoms with E-state index in [1.54, 1.807) is 4.90 Å². The van der Waals surface area contributed by atoms with Gasteiger partial charge in [0.25, 0.3) is 0 Å². The van der Waals surface area contributed by atoms with Crippen molar-refractivity contribution in [3.05, 3.63) is 10.4 Å². The number of carbonyl (C=O) groups is 1. The van der Waals surface area contributed by atoms with E-state index in [1.165, 1.54) is 0 Å². The van der Waals surface area contributed by atoms with Crippen LogP contribution in [-0.4, -0.2) is 35.2 Å². The first-order valence-corrected chi connectivity index (χ1v) is 6.41. The fourth-order valence-corrected chi connectivity index (χ4v) is 2.14. The maximum absolute atomic E-state index is 12.1. The van der Waals surface area contributed by atoms with Crippen LogP contribution in [0.2, 0.25) is 0 Å². The average molecular weight is 254 g/mol. The summed E-state index contributed by atoms with van der Waals surface area (Å²) in [6, 6.07) is 0.0512. The molecule has 0 radical (unpaired) electrons. The van der Waals surface area contributed by atoms with Gasteiger partial charge in [-0.1, -0.05) is 12.0 Å². The first kappa shape index (κ1) is 14.6. The number of ether oxygens (including phenoxy) is 1. The van der Waals surface area contributed by atoms with E-state index in [4.69, 9.17) is 10.3 Å².